The molecule has 84 valence electrons. The average Bonchev–Trinajstić information content (AvgIpc) is 2.61. The van der Waals surface area contributed by atoms with Crippen LogP contribution < -0.4 is 0 Å². The van der Waals surface area contributed by atoms with E-state index in [1.807, 2.05) is 13.8 Å². The van der Waals surface area contributed by atoms with Crippen molar-refractivity contribution >= 4 is 0 Å². The molecule has 0 spiro atoms. The Labute approximate surface area is 92.5 Å². The molecular weight excluding hydrogens is 209 g/mol. The van der Waals surface area contributed by atoms with E-state index in [0.717, 1.165) is 5.56 Å². The van der Waals surface area contributed by atoms with Gasteiger partial charge in [-0.1, -0.05) is 19.0 Å². The lowest BCUT2D eigenvalue weighted by molar-refractivity contribution is 0.275. The Hall–Kier alpha value is -1.84. The van der Waals surface area contributed by atoms with Gasteiger partial charge in [0.05, 0.1) is 5.56 Å². The van der Waals surface area contributed by atoms with Gasteiger partial charge in [-0.3, -0.25) is 0 Å². The second-order valence-corrected chi connectivity index (χ2v) is 3.91. The molecule has 4 heteroatoms. The van der Waals surface area contributed by atoms with Crippen LogP contribution in [0.2, 0.25) is 0 Å². The third-order valence-electron chi connectivity index (χ3n) is 2.40. The fraction of sp³-hybridized carbons (Fsp3) is 0.250. The Balaban J connectivity index is 2.52. The summed E-state index contributed by atoms with van der Waals surface area (Å²) in [6, 6.07) is 5.92. The Kier molecular flexibility index (Phi) is 2.64. The van der Waals surface area contributed by atoms with Crippen LogP contribution in [0.25, 0.3) is 11.3 Å². The maximum absolute atomic E-state index is 12.8. The van der Waals surface area contributed by atoms with Crippen LogP contribution in [0.15, 0.2) is 28.8 Å². The highest BCUT2D eigenvalue weighted by molar-refractivity contribution is 5.65. The highest BCUT2D eigenvalue weighted by Crippen LogP contribution is 2.35. The molecule has 0 bridgehead atoms. The lowest BCUT2D eigenvalue weighted by Gasteiger charge is -2.04. The van der Waals surface area contributed by atoms with Gasteiger partial charge in [0.25, 0.3) is 0 Å². The second kappa shape index (κ2) is 3.96. The zero-order valence-electron chi connectivity index (χ0n) is 9.07. The summed E-state index contributed by atoms with van der Waals surface area (Å²) in [7, 11) is 0. The normalized spacial score (nSPS) is 11.0. The predicted molar refractivity (Wildman–Crippen MR) is 57.7 cm³/mol. The van der Waals surface area contributed by atoms with Crippen molar-refractivity contribution in [2.45, 2.75) is 19.8 Å². The molecule has 1 heterocycles. The van der Waals surface area contributed by atoms with Crippen LogP contribution in [-0.2, 0) is 0 Å². The van der Waals surface area contributed by atoms with Gasteiger partial charge in [0, 0.05) is 5.56 Å². The molecule has 0 aliphatic rings. The minimum Gasteiger partial charge on any atom is -0.479 e. The van der Waals surface area contributed by atoms with Crippen LogP contribution in [0.5, 0.6) is 5.95 Å². The largest absolute Gasteiger partial charge is 0.479 e. The van der Waals surface area contributed by atoms with Crippen LogP contribution >= 0.6 is 0 Å². The molecule has 0 radical (unpaired) electrons. The van der Waals surface area contributed by atoms with Gasteiger partial charge in [0.15, 0.2) is 0 Å². The van der Waals surface area contributed by atoms with E-state index < -0.39 is 0 Å². The van der Waals surface area contributed by atoms with Crippen molar-refractivity contribution in [1.29, 1.82) is 0 Å². The van der Waals surface area contributed by atoms with E-state index in [9.17, 15) is 9.50 Å². The van der Waals surface area contributed by atoms with Crippen LogP contribution in [0.4, 0.5) is 4.39 Å². The number of aromatic nitrogens is 1. The summed E-state index contributed by atoms with van der Waals surface area (Å²) in [5.74, 6) is -0.386. The molecule has 2 rings (SSSR count). The van der Waals surface area contributed by atoms with Gasteiger partial charge >= 0.3 is 5.95 Å². The maximum Gasteiger partial charge on any atom is 0.312 e. The highest BCUT2D eigenvalue weighted by atomic mass is 19.1. The summed E-state index contributed by atoms with van der Waals surface area (Å²) in [4.78, 5) is 0. The topological polar surface area (TPSA) is 46.3 Å². The SMILES string of the molecule is CC(C)c1c(-c2ccc(F)cc2)noc1O. The molecule has 1 aromatic carbocycles. The predicted octanol–water partition coefficient (Wildman–Crippen LogP) is 3.31. The standard InChI is InChI=1S/C12H12FNO2/c1-7(2)10-11(14-16-12(10)15)8-3-5-9(13)6-4-8/h3-7,15H,1-2H3. The van der Waals surface area contributed by atoms with E-state index >= 15 is 0 Å². The number of aromatic hydroxyl groups is 1. The van der Waals surface area contributed by atoms with Crippen LogP contribution in [0.1, 0.15) is 25.3 Å². The van der Waals surface area contributed by atoms with Crippen LogP contribution in [0.3, 0.4) is 0 Å². The first-order valence-electron chi connectivity index (χ1n) is 5.04. The average molecular weight is 221 g/mol. The summed E-state index contributed by atoms with van der Waals surface area (Å²) in [5, 5.41) is 13.3. The van der Waals surface area contributed by atoms with Gasteiger partial charge in [0.1, 0.15) is 11.5 Å². The molecule has 2 aromatic rings. The molecule has 16 heavy (non-hydrogen) atoms. The fourth-order valence-corrected chi connectivity index (χ4v) is 1.62. The first kappa shape index (κ1) is 10.7. The van der Waals surface area contributed by atoms with Crippen molar-refractivity contribution in [3.05, 3.63) is 35.6 Å². The molecule has 0 aliphatic carbocycles. The van der Waals surface area contributed by atoms with Crippen molar-refractivity contribution in [3.63, 3.8) is 0 Å². The van der Waals surface area contributed by atoms with Crippen molar-refractivity contribution in [2.75, 3.05) is 0 Å². The molecule has 3 nitrogen and oxygen atoms in total. The van der Waals surface area contributed by atoms with E-state index in [0.29, 0.717) is 11.3 Å². The van der Waals surface area contributed by atoms with Gasteiger partial charge in [-0.25, -0.2) is 4.39 Å². The van der Waals surface area contributed by atoms with E-state index in [1.54, 1.807) is 12.1 Å². The van der Waals surface area contributed by atoms with E-state index in [1.165, 1.54) is 12.1 Å². The van der Waals surface area contributed by atoms with Gasteiger partial charge in [-0.15, -0.1) is 0 Å². The van der Waals surface area contributed by atoms with E-state index in [4.69, 9.17) is 4.52 Å². The third kappa shape index (κ3) is 1.78. The summed E-state index contributed by atoms with van der Waals surface area (Å²) in [6.07, 6.45) is 0. The number of benzene rings is 1. The monoisotopic (exact) mass is 221 g/mol. The minimum atomic E-state index is -0.303. The van der Waals surface area contributed by atoms with Crippen molar-refractivity contribution in [2.24, 2.45) is 0 Å². The quantitative estimate of drug-likeness (QED) is 0.846. The molecule has 0 atom stereocenters. The molecule has 0 unspecified atom stereocenters. The number of halogens is 1. The highest BCUT2D eigenvalue weighted by Gasteiger charge is 2.19. The van der Waals surface area contributed by atoms with E-state index in [-0.39, 0.29) is 17.7 Å². The van der Waals surface area contributed by atoms with Crippen molar-refractivity contribution in [1.82, 2.24) is 5.16 Å². The van der Waals surface area contributed by atoms with E-state index in [2.05, 4.69) is 5.16 Å². The minimum absolute atomic E-state index is 0.0892. The molecule has 0 aliphatic heterocycles. The fourth-order valence-electron chi connectivity index (χ4n) is 1.62. The van der Waals surface area contributed by atoms with Gasteiger partial charge in [-0.2, -0.15) is 0 Å². The second-order valence-electron chi connectivity index (χ2n) is 3.91. The third-order valence-corrected chi connectivity index (χ3v) is 2.40. The molecular formula is C12H12FNO2. The summed E-state index contributed by atoms with van der Waals surface area (Å²) >= 11 is 0. The Morgan fingerprint density at radius 2 is 1.88 bits per heavy atom. The molecule has 0 saturated heterocycles. The zero-order valence-corrected chi connectivity index (χ0v) is 9.07. The Bertz CT molecular complexity index is 488. The van der Waals surface area contributed by atoms with Gasteiger partial charge < -0.3 is 9.63 Å². The number of hydrogen-bond donors (Lipinski definition) is 1. The maximum atomic E-state index is 12.8. The smallest absolute Gasteiger partial charge is 0.312 e. The number of rotatable bonds is 2. The lowest BCUT2D eigenvalue weighted by Crippen LogP contribution is -1.90. The zero-order chi connectivity index (χ0) is 11.7. The number of hydrogen-bond acceptors (Lipinski definition) is 3. The Morgan fingerprint density at radius 1 is 1.25 bits per heavy atom. The molecule has 1 aromatic heterocycles. The number of nitrogens with zero attached hydrogens (tertiary/aromatic N) is 1. The van der Waals surface area contributed by atoms with Crippen molar-refractivity contribution in [3.8, 4) is 17.2 Å². The van der Waals surface area contributed by atoms with Crippen LogP contribution in [-0.4, -0.2) is 10.3 Å². The Morgan fingerprint density at radius 3 is 2.44 bits per heavy atom. The van der Waals surface area contributed by atoms with Crippen molar-refractivity contribution < 1.29 is 14.0 Å². The first-order chi connectivity index (χ1) is 7.59. The lowest BCUT2D eigenvalue weighted by atomic mass is 9.99. The molecule has 0 saturated carbocycles. The van der Waals surface area contributed by atoms with Gasteiger partial charge in [-0.05, 0) is 30.2 Å². The van der Waals surface area contributed by atoms with Gasteiger partial charge in [0.2, 0.25) is 0 Å². The summed E-state index contributed by atoms with van der Waals surface area (Å²) in [6.45, 7) is 3.86. The van der Waals surface area contributed by atoms with Crippen LogP contribution in [0, 0.1) is 5.82 Å². The first-order valence-corrected chi connectivity index (χ1v) is 5.04. The molecule has 1 N–H and O–H groups in total. The summed E-state index contributed by atoms with van der Waals surface area (Å²) < 4.78 is 17.5. The molecule has 0 fully saturated rings. The molecule has 0 amide bonds. The summed E-state index contributed by atoms with van der Waals surface area (Å²) in [5.41, 5.74) is 1.94.